The fourth-order valence-electron chi connectivity index (χ4n) is 2.48. The first-order valence-corrected chi connectivity index (χ1v) is 7.86. The van der Waals surface area contributed by atoms with Crippen molar-refractivity contribution in [1.29, 1.82) is 0 Å². The van der Waals surface area contributed by atoms with Gasteiger partial charge in [-0.3, -0.25) is 9.69 Å². The predicted molar refractivity (Wildman–Crippen MR) is 79.0 cm³/mol. The van der Waals surface area contributed by atoms with Crippen LogP contribution in [0.25, 0.3) is 0 Å². The molecule has 2 atom stereocenters. The van der Waals surface area contributed by atoms with E-state index in [1.165, 1.54) is 4.90 Å². The number of benzene rings is 1. The van der Waals surface area contributed by atoms with E-state index in [4.69, 9.17) is 4.74 Å². The van der Waals surface area contributed by atoms with Gasteiger partial charge in [-0.25, -0.2) is 0 Å². The Morgan fingerprint density at radius 3 is 2.37 bits per heavy atom. The number of thioether (sulfide) groups is 1. The number of rotatable bonds is 4. The zero-order valence-electron chi connectivity index (χ0n) is 11.8. The number of carbonyl (C=O) groups excluding carboxylic acids is 1. The maximum absolute atomic E-state index is 12.2. The minimum absolute atomic E-state index is 0.189. The maximum atomic E-state index is 12.2. The van der Waals surface area contributed by atoms with Crippen LogP contribution < -0.4 is 0 Å². The van der Waals surface area contributed by atoms with E-state index in [0.29, 0.717) is 6.54 Å². The van der Waals surface area contributed by atoms with Crippen LogP contribution in [-0.4, -0.2) is 48.8 Å². The van der Waals surface area contributed by atoms with E-state index in [0.717, 1.165) is 18.7 Å². The van der Waals surface area contributed by atoms with E-state index in [2.05, 4.69) is 18.7 Å². The molecule has 0 aliphatic carbocycles. The first-order chi connectivity index (χ1) is 9.08. The number of ether oxygens (including phenoxy) is 1. The zero-order valence-corrected chi connectivity index (χ0v) is 12.6. The molecule has 4 heteroatoms. The summed E-state index contributed by atoms with van der Waals surface area (Å²) in [7, 11) is 0. The summed E-state index contributed by atoms with van der Waals surface area (Å²) in [5.41, 5.74) is 0.796. The summed E-state index contributed by atoms with van der Waals surface area (Å²) < 4.78 is 5.68. The standard InChI is InChI=1S/C15H21NO2S/c1-11-8-16(9-12(2)18-11)10-15(17)13-4-6-14(19-3)7-5-13/h4-7,11-12H,8-10H2,1-3H3/t11-,12+. The largest absolute Gasteiger partial charge is 0.373 e. The Morgan fingerprint density at radius 2 is 1.84 bits per heavy atom. The molecule has 104 valence electrons. The van der Waals surface area contributed by atoms with Gasteiger partial charge < -0.3 is 4.74 Å². The molecule has 0 spiro atoms. The lowest BCUT2D eigenvalue weighted by molar-refractivity contribution is -0.0652. The van der Waals surface area contributed by atoms with Gasteiger partial charge in [-0.05, 0) is 32.2 Å². The van der Waals surface area contributed by atoms with Crippen LogP contribution >= 0.6 is 11.8 Å². The second-order valence-electron chi connectivity index (χ2n) is 5.10. The SMILES string of the molecule is CSc1ccc(C(=O)CN2C[C@@H](C)O[C@@H](C)C2)cc1. The van der Waals surface area contributed by atoms with E-state index in [-0.39, 0.29) is 18.0 Å². The summed E-state index contributed by atoms with van der Waals surface area (Å²) in [6.07, 6.45) is 2.44. The van der Waals surface area contributed by atoms with Crippen LogP contribution in [0.1, 0.15) is 24.2 Å². The summed E-state index contributed by atoms with van der Waals surface area (Å²) in [6.45, 7) is 6.26. The van der Waals surface area contributed by atoms with Gasteiger partial charge in [-0.1, -0.05) is 12.1 Å². The average Bonchev–Trinajstić information content (AvgIpc) is 2.37. The summed E-state index contributed by atoms with van der Waals surface area (Å²) in [6, 6.07) is 7.84. The van der Waals surface area contributed by atoms with Crippen LogP contribution in [0, 0.1) is 0 Å². The third-order valence-electron chi connectivity index (χ3n) is 3.27. The van der Waals surface area contributed by atoms with Crippen molar-refractivity contribution in [2.45, 2.75) is 31.0 Å². The quantitative estimate of drug-likeness (QED) is 0.626. The number of Topliss-reactive ketones (excluding diaryl/α,β-unsaturated/α-hetero) is 1. The van der Waals surface area contributed by atoms with Crippen molar-refractivity contribution in [3.8, 4) is 0 Å². The molecule has 1 aromatic rings. The summed E-state index contributed by atoms with van der Waals surface area (Å²) in [5.74, 6) is 0.189. The van der Waals surface area contributed by atoms with E-state index in [9.17, 15) is 4.79 Å². The molecule has 1 saturated heterocycles. The number of hydrogen-bond acceptors (Lipinski definition) is 4. The Bertz CT molecular complexity index is 422. The van der Waals surface area contributed by atoms with Gasteiger partial charge in [0.25, 0.3) is 0 Å². The highest BCUT2D eigenvalue weighted by Gasteiger charge is 2.23. The highest BCUT2D eigenvalue weighted by molar-refractivity contribution is 7.98. The van der Waals surface area contributed by atoms with Crippen LogP contribution in [0.4, 0.5) is 0 Å². The molecule has 3 nitrogen and oxygen atoms in total. The third kappa shape index (κ3) is 4.06. The molecule has 0 N–H and O–H groups in total. The summed E-state index contributed by atoms with van der Waals surface area (Å²) in [5, 5.41) is 0. The Hall–Kier alpha value is -0.840. The van der Waals surface area contributed by atoms with Gasteiger partial charge in [-0.15, -0.1) is 11.8 Å². The molecule has 1 aromatic carbocycles. The van der Waals surface area contributed by atoms with Crippen molar-refractivity contribution in [2.75, 3.05) is 25.9 Å². The van der Waals surface area contributed by atoms with E-state index in [1.54, 1.807) is 11.8 Å². The fourth-order valence-corrected chi connectivity index (χ4v) is 2.89. The van der Waals surface area contributed by atoms with Crippen molar-refractivity contribution in [3.63, 3.8) is 0 Å². The number of carbonyl (C=O) groups is 1. The molecule has 0 unspecified atom stereocenters. The molecule has 1 aliphatic rings. The Labute approximate surface area is 119 Å². The van der Waals surface area contributed by atoms with Crippen LogP contribution in [0.5, 0.6) is 0 Å². The van der Waals surface area contributed by atoms with Crippen LogP contribution in [0.15, 0.2) is 29.2 Å². The van der Waals surface area contributed by atoms with Crippen molar-refractivity contribution in [2.24, 2.45) is 0 Å². The molecule has 2 rings (SSSR count). The third-order valence-corrected chi connectivity index (χ3v) is 4.02. The molecule has 0 amide bonds. The lowest BCUT2D eigenvalue weighted by atomic mass is 10.1. The van der Waals surface area contributed by atoms with Gasteiger partial charge in [0.2, 0.25) is 0 Å². The second-order valence-corrected chi connectivity index (χ2v) is 5.98. The topological polar surface area (TPSA) is 29.5 Å². The van der Waals surface area contributed by atoms with E-state index in [1.807, 2.05) is 30.5 Å². The molecule has 0 bridgehead atoms. The van der Waals surface area contributed by atoms with Gasteiger partial charge in [0.1, 0.15) is 0 Å². The summed E-state index contributed by atoms with van der Waals surface area (Å²) >= 11 is 1.69. The predicted octanol–water partition coefficient (Wildman–Crippen LogP) is 2.70. The molecule has 0 radical (unpaired) electrons. The highest BCUT2D eigenvalue weighted by atomic mass is 32.2. The number of hydrogen-bond donors (Lipinski definition) is 0. The monoisotopic (exact) mass is 279 g/mol. The van der Waals surface area contributed by atoms with Crippen LogP contribution in [0.2, 0.25) is 0 Å². The molecular formula is C15H21NO2S. The molecule has 1 aliphatic heterocycles. The van der Waals surface area contributed by atoms with E-state index >= 15 is 0 Å². The number of ketones is 1. The normalized spacial score (nSPS) is 24.4. The molecule has 1 heterocycles. The number of morpholine rings is 1. The zero-order chi connectivity index (χ0) is 13.8. The average molecular weight is 279 g/mol. The Kier molecular flexibility index (Phi) is 5.02. The van der Waals surface area contributed by atoms with Crippen molar-refractivity contribution < 1.29 is 9.53 Å². The van der Waals surface area contributed by atoms with Gasteiger partial charge in [0.15, 0.2) is 5.78 Å². The van der Waals surface area contributed by atoms with Crippen molar-refractivity contribution >= 4 is 17.5 Å². The van der Waals surface area contributed by atoms with Gasteiger partial charge in [0.05, 0.1) is 18.8 Å². The first-order valence-electron chi connectivity index (χ1n) is 6.63. The second kappa shape index (κ2) is 6.55. The Morgan fingerprint density at radius 1 is 1.26 bits per heavy atom. The van der Waals surface area contributed by atoms with E-state index < -0.39 is 0 Å². The lowest BCUT2D eigenvalue weighted by Crippen LogP contribution is -2.47. The van der Waals surface area contributed by atoms with Crippen molar-refractivity contribution in [3.05, 3.63) is 29.8 Å². The highest BCUT2D eigenvalue weighted by Crippen LogP contribution is 2.16. The number of nitrogens with zero attached hydrogens (tertiary/aromatic N) is 1. The van der Waals surface area contributed by atoms with Gasteiger partial charge in [0, 0.05) is 23.5 Å². The minimum atomic E-state index is 0.189. The van der Waals surface area contributed by atoms with Crippen LogP contribution in [0.3, 0.4) is 0 Å². The summed E-state index contributed by atoms with van der Waals surface area (Å²) in [4.78, 5) is 15.6. The molecular weight excluding hydrogens is 258 g/mol. The minimum Gasteiger partial charge on any atom is -0.373 e. The fraction of sp³-hybridized carbons (Fsp3) is 0.533. The maximum Gasteiger partial charge on any atom is 0.176 e. The van der Waals surface area contributed by atoms with Gasteiger partial charge >= 0.3 is 0 Å². The molecule has 0 aromatic heterocycles. The lowest BCUT2D eigenvalue weighted by Gasteiger charge is -2.34. The smallest absolute Gasteiger partial charge is 0.176 e. The van der Waals surface area contributed by atoms with Crippen molar-refractivity contribution in [1.82, 2.24) is 4.90 Å². The van der Waals surface area contributed by atoms with Crippen LogP contribution in [-0.2, 0) is 4.74 Å². The van der Waals surface area contributed by atoms with Gasteiger partial charge in [-0.2, -0.15) is 0 Å². The molecule has 19 heavy (non-hydrogen) atoms. The molecule has 1 fully saturated rings. The molecule has 0 saturated carbocycles. The Balaban J connectivity index is 1.96. The first kappa shape index (κ1) is 14.6.